The molecule has 1 unspecified atom stereocenters. The summed E-state index contributed by atoms with van der Waals surface area (Å²) in [7, 11) is 0. The Hall–Kier alpha value is -1.14. The summed E-state index contributed by atoms with van der Waals surface area (Å²) >= 11 is 5.48. The summed E-state index contributed by atoms with van der Waals surface area (Å²) in [5, 5.41) is 11.1. The first-order valence-corrected chi connectivity index (χ1v) is 4.74. The van der Waals surface area contributed by atoms with E-state index in [1.54, 1.807) is 0 Å². The van der Waals surface area contributed by atoms with E-state index in [-0.39, 0.29) is 16.4 Å². The number of alkyl halides is 2. The summed E-state index contributed by atoms with van der Waals surface area (Å²) in [4.78, 5) is 0. The maximum atomic E-state index is 12.9. The van der Waals surface area contributed by atoms with Gasteiger partial charge in [0.05, 0.1) is 16.4 Å². The quantitative estimate of drug-likeness (QED) is 0.721. The number of aliphatic hydroxyl groups is 1. The minimum atomic E-state index is -2.86. The molecular weight excluding hydrogens is 245 g/mol. The summed E-state index contributed by atoms with van der Waals surface area (Å²) in [6.45, 7) is -0.399. The van der Waals surface area contributed by atoms with E-state index in [1.807, 2.05) is 0 Å². The van der Waals surface area contributed by atoms with E-state index in [4.69, 9.17) is 22.4 Å². The molecule has 3 nitrogen and oxygen atoms in total. The van der Waals surface area contributed by atoms with Crippen LogP contribution in [0.5, 0.6) is 0 Å². The minimum Gasteiger partial charge on any atom is -0.397 e. The third kappa shape index (κ3) is 3.18. The number of aliphatic hydroxyl groups excluding tert-OH is 1. The first-order chi connectivity index (χ1) is 7.41. The third-order valence-electron chi connectivity index (χ3n) is 1.88. The number of halogens is 4. The van der Waals surface area contributed by atoms with Crippen molar-refractivity contribution in [1.29, 1.82) is 0 Å². The van der Waals surface area contributed by atoms with Crippen LogP contribution in [0.4, 0.5) is 24.5 Å². The van der Waals surface area contributed by atoms with E-state index >= 15 is 0 Å². The average Bonchev–Trinajstić information content (AvgIpc) is 2.20. The molecule has 4 N–H and O–H groups in total. The van der Waals surface area contributed by atoms with Crippen molar-refractivity contribution < 1.29 is 18.3 Å². The smallest absolute Gasteiger partial charge is 0.265 e. The number of rotatable bonds is 4. The lowest BCUT2D eigenvalue weighted by Gasteiger charge is -2.13. The molecule has 0 aliphatic heterocycles. The molecule has 90 valence electrons. The van der Waals surface area contributed by atoms with Gasteiger partial charge in [0.15, 0.2) is 0 Å². The maximum Gasteiger partial charge on any atom is 0.265 e. The van der Waals surface area contributed by atoms with Gasteiger partial charge in [-0.05, 0) is 6.07 Å². The highest BCUT2D eigenvalue weighted by atomic mass is 35.5. The van der Waals surface area contributed by atoms with Gasteiger partial charge in [-0.2, -0.15) is 0 Å². The van der Waals surface area contributed by atoms with E-state index in [0.29, 0.717) is 0 Å². The number of nitrogen functional groups attached to an aromatic ring is 1. The zero-order valence-electron chi connectivity index (χ0n) is 8.05. The molecule has 1 aromatic carbocycles. The fraction of sp³-hybridized carbons (Fsp3) is 0.333. The van der Waals surface area contributed by atoms with Crippen molar-refractivity contribution in [3.63, 3.8) is 0 Å². The molecule has 0 radical (unpaired) electrons. The predicted octanol–water partition coefficient (Wildman–Crippen LogP) is 2.10. The van der Waals surface area contributed by atoms with Crippen LogP contribution in [-0.2, 0) is 0 Å². The fourth-order valence-electron chi connectivity index (χ4n) is 1.02. The van der Waals surface area contributed by atoms with Gasteiger partial charge in [-0.3, -0.25) is 0 Å². The Morgan fingerprint density at radius 3 is 2.62 bits per heavy atom. The van der Waals surface area contributed by atoms with Gasteiger partial charge in [0.25, 0.3) is 6.43 Å². The van der Waals surface area contributed by atoms with Crippen LogP contribution in [0.25, 0.3) is 0 Å². The maximum absolute atomic E-state index is 12.9. The largest absolute Gasteiger partial charge is 0.397 e. The Kier molecular flexibility index (Phi) is 4.26. The monoisotopic (exact) mass is 254 g/mol. The second-order valence-corrected chi connectivity index (χ2v) is 3.54. The lowest BCUT2D eigenvalue weighted by atomic mass is 10.2. The molecule has 1 rings (SSSR count). The van der Waals surface area contributed by atoms with Crippen LogP contribution < -0.4 is 11.1 Å². The van der Waals surface area contributed by atoms with Crippen LogP contribution in [0.15, 0.2) is 12.1 Å². The summed E-state index contributed by atoms with van der Waals surface area (Å²) in [5.41, 5.74) is 5.65. The normalized spacial score (nSPS) is 12.9. The lowest BCUT2D eigenvalue weighted by molar-refractivity contribution is 0.00385. The van der Waals surface area contributed by atoms with Crippen molar-refractivity contribution in [2.75, 3.05) is 17.6 Å². The Labute approximate surface area is 95.0 Å². The van der Waals surface area contributed by atoms with Crippen molar-refractivity contribution in [2.24, 2.45) is 0 Å². The van der Waals surface area contributed by atoms with Crippen LogP contribution in [0.1, 0.15) is 0 Å². The summed E-state index contributed by atoms with van der Waals surface area (Å²) in [6, 6.07) is 2.14. The molecule has 0 aliphatic rings. The Balaban J connectivity index is 2.71. The van der Waals surface area contributed by atoms with Gasteiger partial charge in [0.1, 0.15) is 11.9 Å². The highest BCUT2D eigenvalue weighted by Gasteiger charge is 2.16. The number of nitrogens with one attached hydrogen (secondary N) is 1. The van der Waals surface area contributed by atoms with Gasteiger partial charge >= 0.3 is 0 Å². The van der Waals surface area contributed by atoms with Gasteiger partial charge in [0.2, 0.25) is 0 Å². The zero-order valence-corrected chi connectivity index (χ0v) is 8.81. The molecule has 0 heterocycles. The highest BCUT2D eigenvalue weighted by molar-refractivity contribution is 6.31. The molecule has 0 aromatic heterocycles. The first-order valence-electron chi connectivity index (χ1n) is 4.36. The number of anilines is 2. The molecule has 16 heavy (non-hydrogen) atoms. The molecule has 1 atom stereocenters. The van der Waals surface area contributed by atoms with E-state index in [9.17, 15) is 13.2 Å². The molecule has 0 amide bonds. The predicted molar refractivity (Wildman–Crippen MR) is 56.3 cm³/mol. The van der Waals surface area contributed by atoms with Crippen LogP contribution >= 0.6 is 11.6 Å². The number of hydrogen-bond acceptors (Lipinski definition) is 3. The number of nitrogens with two attached hydrogens (primary N) is 1. The molecule has 0 saturated carbocycles. The minimum absolute atomic E-state index is 0.0309. The lowest BCUT2D eigenvalue weighted by Crippen LogP contribution is -2.27. The second kappa shape index (κ2) is 5.27. The Morgan fingerprint density at radius 2 is 2.06 bits per heavy atom. The summed E-state index contributed by atoms with van der Waals surface area (Å²) < 4.78 is 36.8. The van der Waals surface area contributed by atoms with Gasteiger partial charge in [-0.15, -0.1) is 0 Å². The SMILES string of the molecule is Nc1cc(F)c(Cl)cc1NCC(O)C(F)F. The average molecular weight is 255 g/mol. The standard InChI is InChI=1S/C9H10ClF3N2O/c10-4-1-7(6(14)2-5(4)11)15-3-8(16)9(12)13/h1-2,8-9,15-16H,3,14H2. The van der Waals surface area contributed by atoms with E-state index in [0.717, 1.165) is 6.07 Å². The number of hydrogen-bond donors (Lipinski definition) is 3. The van der Waals surface area contributed by atoms with E-state index in [1.165, 1.54) is 6.07 Å². The zero-order chi connectivity index (χ0) is 12.3. The van der Waals surface area contributed by atoms with Gasteiger partial charge in [-0.25, -0.2) is 13.2 Å². The van der Waals surface area contributed by atoms with E-state index < -0.39 is 24.9 Å². The molecule has 0 aliphatic carbocycles. The molecular formula is C9H10ClF3N2O. The topological polar surface area (TPSA) is 58.3 Å². The van der Waals surface area contributed by atoms with Crippen LogP contribution in [0.3, 0.4) is 0 Å². The molecule has 0 bridgehead atoms. The second-order valence-electron chi connectivity index (χ2n) is 3.14. The number of benzene rings is 1. The molecule has 7 heteroatoms. The summed E-state index contributed by atoms with van der Waals surface area (Å²) in [5.74, 6) is -0.695. The first kappa shape index (κ1) is 12.9. The Bertz CT molecular complexity index is 376. The van der Waals surface area contributed by atoms with Gasteiger partial charge in [0, 0.05) is 12.6 Å². The third-order valence-corrected chi connectivity index (χ3v) is 2.17. The van der Waals surface area contributed by atoms with Gasteiger partial charge in [-0.1, -0.05) is 11.6 Å². The Morgan fingerprint density at radius 1 is 1.44 bits per heavy atom. The van der Waals surface area contributed by atoms with Crippen LogP contribution in [0.2, 0.25) is 5.02 Å². The molecule has 0 saturated heterocycles. The fourth-order valence-corrected chi connectivity index (χ4v) is 1.18. The molecule has 1 aromatic rings. The van der Waals surface area contributed by atoms with Crippen molar-refractivity contribution in [3.05, 3.63) is 23.0 Å². The van der Waals surface area contributed by atoms with Gasteiger partial charge < -0.3 is 16.2 Å². The highest BCUT2D eigenvalue weighted by Crippen LogP contribution is 2.26. The van der Waals surface area contributed by atoms with Crippen molar-refractivity contribution in [3.8, 4) is 0 Å². The van der Waals surface area contributed by atoms with Crippen LogP contribution in [-0.4, -0.2) is 24.2 Å². The van der Waals surface area contributed by atoms with Crippen molar-refractivity contribution >= 4 is 23.0 Å². The summed E-state index contributed by atoms with van der Waals surface area (Å²) in [6.07, 6.45) is -4.67. The van der Waals surface area contributed by atoms with Crippen molar-refractivity contribution in [2.45, 2.75) is 12.5 Å². The van der Waals surface area contributed by atoms with E-state index in [2.05, 4.69) is 5.32 Å². The van der Waals surface area contributed by atoms with Crippen LogP contribution in [0, 0.1) is 5.82 Å². The molecule has 0 fully saturated rings. The molecule has 0 spiro atoms. The van der Waals surface area contributed by atoms with Crippen molar-refractivity contribution in [1.82, 2.24) is 0 Å².